The van der Waals surface area contributed by atoms with Gasteiger partial charge in [0.05, 0.1) is 0 Å². The number of nitrogens with one attached hydrogen (secondary N) is 1. The van der Waals surface area contributed by atoms with E-state index in [1.807, 2.05) is 0 Å². The van der Waals surface area contributed by atoms with E-state index in [0.717, 1.165) is 13.0 Å². The van der Waals surface area contributed by atoms with Crippen molar-refractivity contribution in [2.24, 2.45) is 5.41 Å². The number of hydrogen-bond acceptors (Lipinski definition) is 3. The summed E-state index contributed by atoms with van der Waals surface area (Å²) in [6.07, 6.45) is 2.29. The smallest absolute Gasteiger partial charge is 0.330 e. The van der Waals surface area contributed by atoms with Gasteiger partial charge in [0.1, 0.15) is 6.61 Å². The van der Waals surface area contributed by atoms with Gasteiger partial charge >= 0.3 is 5.97 Å². The zero-order valence-electron chi connectivity index (χ0n) is 9.43. The summed E-state index contributed by atoms with van der Waals surface area (Å²) in [7, 11) is 0. The average molecular weight is 199 g/mol. The first-order valence-corrected chi connectivity index (χ1v) is 4.95. The zero-order valence-corrected chi connectivity index (χ0v) is 9.43. The first-order valence-electron chi connectivity index (χ1n) is 4.95. The molecule has 82 valence electrons. The maximum Gasteiger partial charge on any atom is 0.330 e. The van der Waals surface area contributed by atoms with Crippen molar-refractivity contribution in [3.63, 3.8) is 0 Å². The molecule has 0 bridgehead atoms. The van der Waals surface area contributed by atoms with Gasteiger partial charge in [-0.3, -0.25) is 0 Å². The van der Waals surface area contributed by atoms with Crippen molar-refractivity contribution >= 4 is 5.97 Å². The molecule has 0 saturated carbocycles. The summed E-state index contributed by atoms with van der Waals surface area (Å²) in [6, 6.07) is 0. The summed E-state index contributed by atoms with van der Waals surface area (Å²) in [4.78, 5) is 10.6. The topological polar surface area (TPSA) is 38.3 Å². The van der Waals surface area contributed by atoms with Crippen molar-refractivity contribution in [2.45, 2.75) is 27.2 Å². The highest BCUT2D eigenvalue weighted by atomic mass is 16.5. The van der Waals surface area contributed by atoms with Gasteiger partial charge in [0, 0.05) is 12.6 Å². The van der Waals surface area contributed by atoms with Gasteiger partial charge in [-0.15, -0.1) is 0 Å². The van der Waals surface area contributed by atoms with Crippen LogP contribution in [0.4, 0.5) is 0 Å². The molecule has 0 rings (SSSR count). The molecule has 0 aliphatic heterocycles. The average Bonchev–Trinajstić information content (AvgIpc) is 2.08. The minimum absolute atomic E-state index is 0.352. The Morgan fingerprint density at radius 2 is 2.07 bits per heavy atom. The van der Waals surface area contributed by atoms with E-state index in [2.05, 4.69) is 32.7 Å². The summed E-state index contributed by atoms with van der Waals surface area (Å²) in [5.74, 6) is -0.359. The fraction of sp³-hybridized carbons (Fsp3) is 0.727. The molecule has 0 radical (unpaired) electrons. The Labute approximate surface area is 86.5 Å². The van der Waals surface area contributed by atoms with Crippen LogP contribution in [0.3, 0.4) is 0 Å². The fourth-order valence-electron chi connectivity index (χ4n) is 0.871. The van der Waals surface area contributed by atoms with E-state index >= 15 is 0 Å². The van der Waals surface area contributed by atoms with Crippen molar-refractivity contribution in [3.05, 3.63) is 12.7 Å². The second-order valence-electron chi connectivity index (χ2n) is 4.43. The standard InChI is InChI=1S/C11H21NO2/c1-5-10(13)14-9-8-12-7-6-11(2,3)4/h5,12H,1,6-9H2,2-4H3. The molecular weight excluding hydrogens is 178 g/mol. The van der Waals surface area contributed by atoms with E-state index in [4.69, 9.17) is 4.74 Å². The molecule has 0 aromatic rings. The van der Waals surface area contributed by atoms with E-state index in [9.17, 15) is 4.79 Å². The summed E-state index contributed by atoms with van der Waals surface area (Å²) in [6.45, 7) is 12.0. The van der Waals surface area contributed by atoms with Gasteiger partial charge < -0.3 is 10.1 Å². The predicted molar refractivity (Wildman–Crippen MR) is 58.1 cm³/mol. The van der Waals surface area contributed by atoms with Crippen LogP contribution in [-0.4, -0.2) is 25.7 Å². The first kappa shape index (κ1) is 13.2. The normalized spacial score (nSPS) is 11.1. The van der Waals surface area contributed by atoms with E-state index in [1.54, 1.807) is 0 Å². The molecule has 0 saturated heterocycles. The highest BCUT2D eigenvalue weighted by Gasteiger charge is 2.08. The minimum atomic E-state index is -0.359. The maximum absolute atomic E-state index is 10.6. The van der Waals surface area contributed by atoms with Crippen LogP contribution in [-0.2, 0) is 9.53 Å². The Balaban J connectivity index is 3.22. The van der Waals surface area contributed by atoms with Crippen LogP contribution in [0.15, 0.2) is 12.7 Å². The largest absolute Gasteiger partial charge is 0.461 e. The van der Waals surface area contributed by atoms with Crippen molar-refractivity contribution in [1.29, 1.82) is 0 Å². The maximum atomic E-state index is 10.6. The third kappa shape index (κ3) is 9.26. The summed E-state index contributed by atoms with van der Waals surface area (Å²) in [5.41, 5.74) is 0.352. The number of carbonyl (C=O) groups is 1. The summed E-state index contributed by atoms with van der Waals surface area (Å²) >= 11 is 0. The van der Waals surface area contributed by atoms with Crippen LogP contribution in [0.25, 0.3) is 0 Å². The van der Waals surface area contributed by atoms with Gasteiger partial charge in [-0.05, 0) is 18.4 Å². The van der Waals surface area contributed by atoms with Gasteiger partial charge in [0.25, 0.3) is 0 Å². The molecule has 0 heterocycles. The lowest BCUT2D eigenvalue weighted by molar-refractivity contribution is -0.137. The van der Waals surface area contributed by atoms with Crippen LogP contribution in [0.5, 0.6) is 0 Å². The highest BCUT2D eigenvalue weighted by Crippen LogP contribution is 2.16. The SMILES string of the molecule is C=CC(=O)OCCNCCC(C)(C)C. The molecule has 3 heteroatoms. The lowest BCUT2D eigenvalue weighted by atomic mass is 9.92. The highest BCUT2D eigenvalue weighted by molar-refractivity contribution is 5.81. The lowest BCUT2D eigenvalue weighted by Gasteiger charge is -2.17. The number of hydrogen-bond donors (Lipinski definition) is 1. The Kier molecular flexibility index (Phi) is 6.21. The van der Waals surface area contributed by atoms with Gasteiger partial charge in [-0.2, -0.15) is 0 Å². The summed E-state index contributed by atoms with van der Waals surface area (Å²) < 4.78 is 4.80. The number of rotatable bonds is 6. The first-order chi connectivity index (χ1) is 6.45. The predicted octanol–water partition coefficient (Wildman–Crippen LogP) is 1.74. The number of esters is 1. The second-order valence-corrected chi connectivity index (χ2v) is 4.43. The van der Waals surface area contributed by atoms with Gasteiger partial charge in [-0.25, -0.2) is 4.79 Å². The number of ether oxygens (including phenoxy) is 1. The molecular formula is C11H21NO2. The molecule has 0 atom stereocenters. The molecule has 0 aliphatic carbocycles. The zero-order chi connectivity index (χ0) is 11.0. The molecule has 14 heavy (non-hydrogen) atoms. The minimum Gasteiger partial charge on any atom is -0.461 e. The molecule has 0 aromatic carbocycles. The van der Waals surface area contributed by atoms with Gasteiger partial charge in [0.15, 0.2) is 0 Å². The van der Waals surface area contributed by atoms with E-state index < -0.39 is 0 Å². The van der Waals surface area contributed by atoms with Crippen molar-refractivity contribution < 1.29 is 9.53 Å². The molecule has 3 nitrogen and oxygen atoms in total. The molecule has 0 fully saturated rings. The molecule has 0 aliphatic rings. The van der Waals surface area contributed by atoms with Gasteiger partial charge in [-0.1, -0.05) is 27.4 Å². The summed E-state index contributed by atoms with van der Waals surface area (Å²) in [5, 5.41) is 3.21. The Morgan fingerprint density at radius 3 is 2.57 bits per heavy atom. The Bertz CT molecular complexity index is 182. The van der Waals surface area contributed by atoms with Crippen LogP contribution >= 0.6 is 0 Å². The second kappa shape index (κ2) is 6.60. The van der Waals surface area contributed by atoms with Crippen molar-refractivity contribution in [3.8, 4) is 0 Å². The molecule has 0 amide bonds. The van der Waals surface area contributed by atoms with Gasteiger partial charge in [0.2, 0.25) is 0 Å². The van der Waals surface area contributed by atoms with Crippen molar-refractivity contribution in [2.75, 3.05) is 19.7 Å². The van der Waals surface area contributed by atoms with Crippen LogP contribution in [0, 0.1) is 5.41 Å². The quantitative estimate of drug-likeness (QED) is 0.402. The van der Waals surface area contributed by atoms with Crippen LogP contribution in [0.1, 0.15) is 27.2 Å². The third-order valence-corrected chi connectivity index (χ3v) is 1.74. The van der Waals surface area contributed by atoms with E-state index in [0.29, 0.717) is 18.6 Å². The Morgan fingerprint density at radius 1 is 1.43 bits per heavy atom. The molecule has 0 aromatic heterocycles. The molecule has 1 N–H and O–H groups in total. The van der Waals surface area contributed by atoms with Crippen LogP contribution in [0.2, 0.25) is 0 Å². The van der Waals surface area contributed by atoms with Crippen molar-refractivity contribution in [1.82, 2.24) is 5.32 Å². The monoisotopic (exact) mass is 199 g/mol. The molecule has 0 unspecified atom stereocenters. The molecule has 0 spiro atoms. The fourth-order valence-corrected chi connectivity index (χ4v) is 0.871. The Hall–Kier alpha value is -0.830. The number of carbonyl (C=O) groups excluding carboxylic acids is 1. The van der Waals surface area contributed by atoms with E-state index in [-0.39, 0.29) is 5.97 Å². The van der Waals surface area contributed by atoms with E-state index in [1.165, 1.54) is 6.08 Å². The third-order valence-electron chi connectivity index (χ3n) is 1.74. The lowest BCUT2D eigenvalue weighted by Crippen LogP contribution is -2.24. The van der Waals surface area contributed by atoms with Crippen LogP contribution < -0.4 is 5.32 Å².